The van der Waals surface area contributed by atoms with Crippen molar-refractivity contribution < 1.29 is 4.42 Å². The molecule has 1 saturated heterocycles. The third-order valence-corrected chi connectivity index (χ3v) is 7.65. The van der Waals surface area contributed by atoms with Crippen LogP contribution in [-0.4, -0.2) is 29.2 Å². The first kappa shape index (κ1) is 20.7. The van der Waals surface area contributed by atoms with E-state index < -0.39 is 0 Å². The second kappa shape index (κ2) is 8.42. The summed E-state index contributed by atoms with van der Waals surface area (Å²) in [5.74, 6) is 6.82. The maximum atomic E-state index is 5.62. The van der Waals surface area contributed by atoms with Gasteiger partial charge in [0.15, 0.2) is 0 Å². The van der Waals surface area contributed by atoms with Crippen LogP contribution in [0.5, 0.6) is 0 Å². The Kier molecular flexibility index (Phi) is 5.63. The Labute approximate surface area is 185 Å². The summed E-state index contributed by atoms with van der Waals surface area (Å²) >= 11 is 0. The molecule has 0 aromatic carbocycles. The Morgan fingerprint density at radius 2 is 1.84 bits per heavy atom. The Hall–Kier alpha value is -2.14. The van der Waals surface area contributed by atoms with Crippen molar-refractivity contribution in [3.05, 3.63) is 45.9 Å². The Bertz CT molecular complexity index is 996. The van der Waals surface area contributed by atoms with Gasteiger partial charge in [-0.2, -0.15) is 0 Å². The summed E-state index contributed by atoms with van der Waals surface area (Å²) in [6.45, 7) is 8.16. The van der Waals surface area contributed by atoms with Crippen LogP contribution in [0.3, 0.4) is 0 Å². The molecule has 0 bridgehead atoms. The monoisotopic (exact) mass is 420 g/mol. The Balaban J connectivity index is 1.41. The van der Waals surface area contributed by atoms with E-state index >= 15 is 0 Å². The SMILES string of the molecule is CC1=NC(=Cc2ccoc(=NN)c2C2CC2)C(C2CC2)=C1CCCN1C(C)CCC1C. The zero-order chi connectivity index (χ0) is 21.5. The number of likely N-dealkylation sites (tertiary alicyclic amines) is 1. The summed E-state index contributed by atoms with van der Waals surface area (Å²) in [6.07, 6.45) is 14.0. The van der Waals surface area contributed by atoms with E-state index in [9.17, 15) is 0 Å². The highest BCUT2D eigenvalue weighted by molar-refractivity contribution is 6.04. The number of nitrogens with two attached hydrogens (primary N) is 1. The van der Waals surface area contributed by atoms with Gasteiger partial charge in [0.1, 0.15) is 0 Å². The Morgan fingerprint density at radius 1 is 1.13 bits per heavy atom. The smallest absolute Gasteiger partial charge is 0.239 e. The molecule has 4 aliphatic rings. The molecule has 5 nitrogen and oxygen atoms in total. The molecule has 2 atom stereocenters. The first-order valence-electron chi connectivity index (χ1n) is 12.2. The van der Waals surface area contributed by atoms with Crippen LogP contribution in [-0.2, 0) is 0 Å². The normalized spacial score (nSPS) is 28.8. The molecule has 2 unspecified atom stereocenters. The van der Waals surface area contributed by atoms with Crippen LogP contribution in [0.25, 0.3) is 6.08 Å². The van der Waals surface area contributed by atoms with Crippen molar-refractivity contribution in [2.75, 3.05) is 6.54 Å². The second-order valence-electron chi connectivity index (χ2n) is 10.0. The van der Waals surface area contributed by atoms with Gasteiger partial charge < -0.3 is 10.3 Å². The minimum atomic E-state index is 0.517. The van der Waals surface area contributed by atoms with Crippen LogP contribution in [0.4, 0.5) is 0 Å². The molecule has 166 valence electrons. The summed E-state index contributed by atoms with van der Waals surface area (Å²) in [4.78, 5) is 7.76. The fraction of sp³-hybridized carbons (Fsp3) is 0.615. The molecule has 0 spiro atoms. The molecule has 3 heterocycles. The number of allylic oxidation sites excluding steroid dienone is 2. The van der Waals surface area contributed by atoms with Crippen molar-refractivity contribution in [2.24, 2.45) is 21.9 Å². The van der Waals surface area contributed by atoms with E-state index in [1.54, 1.807) is 6.26 Å². The van der Waals surface area contributed by atoms with Crippen LogP contribution in [0.15, 0.2) is 43.7 Å². The van der Waals surface area contributed by atoms with Gasteiger partial charge in [-0.3, -0.25) is 9.89 Å². The molecule has 2 saturated carbocycles. The van der Waals surface area contributed by atoms with Crippen molar-refractivity contribution in [3.8, 4) is 0 Å². The van der Waals surface area contributed by atoms with Crippen molar-refractivity contribution >= 4 is 11.8 Å². The van der Waals surface area contributed by atoms with Gasteiger partial charge in [0.25, 0.3) is 0 Å². The molecular formula is C26H36N4O. The molecule has 0 radical (unpaired) electrons. The molecule has 2 N–H and O–H groups in total. The second-order valence-corrected chi connectivity index (χ2v) is 10.0. The summed E-state index contributed by atoms with van der Waals surface area (Å²) in [7, 11) is 0. The number of aliphatic imine (C=N–C) groups is 1. The fourth-order valence-corrected chi connectivity index (χ4v) is 5.64. The van der Waals surface area contributed by atoms with Crippen LogP contribution in [0.2, 0.25) is 0 Å². The highest BCUT2D eigenvalue weighted by atomic mass is 16.3. The molecule has 5 rings (SSSR count). The standard InChI is InChI=1S/C26H36N4O/c1-16-6-7-17(2)30(16)13-4-5-22-18(3)28-23(25(22)20-10-11-20)15-21-12-14-31-26(29-27)24(21)19-8-9-19/h12,14-17,19-20H,4-11,13,27H2,1-3H3. The maximum Gasteiger partial charge on any atom is 0.239 e. The van der Waals surface area contributed by atoms with E-state index in [1.165, 1.54) is 73.9 Å². The quantitative estimate of drug-likeness (QED) is 0.492. The van der Waals surface area contributed by atoms with E-state index in [4.69, 9.17) is 15.3 Å². The third-order valence-electron chi connectivity index (χ3n) is 7.65. The number of hydrogen-bond acceptors (Lipinski definition) is 5. The highest BCUT2D eigenvalue weighted by Crippen LogP contribution is 2.47. The summed E-state index contributed by atoms with van der Waals surface area (Å²) in [5, 5.41) is 3.91. The van der Waals surface area contributed by atoms with Crippen molar-refractivity contribution in [1.82, 2.24) is 4.90 Å². The number of rotatable bonds is 7. The number of hydrogen-bond donors (Lipinski definition) is 1. The average Bonchev–Trinajstić information content (AvgIpc) is 3.68. The van der Waals surface area contributed by atoms with Crippen LogP contribution in [0, 0.1) is 5.92 Å². The van der Waals surface area contributed by atoms with E-state index in [-0.39, 0.29) is 0 Å². The minimum Gasteiger partial charge on any atom is -0.445 e. The van der Waals surface area contributed by atoms with Gasteiger partial charge in [-0.05, 0) is 119 Å². The average molecular weight is 421 g/mol. The summed E-state index contributed by atoms with van der Waals surface area (Å²) in [5.41, 5.74) is 8.29. The maximum absolute atomic E-state index is 5.62. The van der Waals surface area contributed by atoms with Crippen molar-refractivity contribution in [3.63, 3.8) is 0 Å². The predicted octanol–water partition coefficient (Wildman–Crippen LogP) is 5.11. The van der Waals surface area contributed by atoms with E-state index in [1.807, 2.05) is 0 Å². The van der Waals surface area contributed by atoms with Crippen LogP contribution >= 0.6 is 0 Å². The molecule has 1 aromatic heterocycles. The Morgan fingerprint density at radius 3 is 2.48 bits per heavy atom. The van der Waals surface area contributed by atoms with Gasteiger partial charge in [-0.1, -0.05) is 0 Å². The topological polar surface area (TPSA) is 67.1 Å². The lowest BCUT2D eigenvalue weighted by Crippen LogP contribution is -2.33. The van der Waals surface area contributed by atoms with Crippen molar-refractivity contribution in [1.29, 1.82) is 0 Å². The summed E-state index contributed by atoms with van der Waals surface area (Å²) < 4.78 is 5.59. The predicted molar refractivity (Wildman–Crippen MR) is 125 cm³/mol. The van der Waals surface area contributed by atoms with Crippen LogP contribution in [0.1, 0.15) is 89.2 Å². The summed E-state index contributed by atoms with van der Waals surface area (Å²) in [6, 6.07) is 3.51. The minimum absolute atomic E-state index is 0.517. The molecule has 5 heteroatoms. The van der Waals surface area contributed by atoms with Gasteiger partial charge in [0, 0.05) is 23.4 Å². The van der Waals surface area contributed by atoms with Crippen molar-refractivity contribution in [2.45, 2.75) is 90.1 Å². The lowest BCUT2D eigenvalue weighted by molar-refractivity contribution is 0.212. The van der Waals surface area contributed by atoms with Gasteiger partial charge in [0.2, 0.25) is 5.55 Å². The first-order chi connectivity index (χ1) is 15.1. The molecule has 1 aromatic rings. The number of nitrogens with zero attached hydrogens (tertiary/aromatic N) is 3. The van der Waals surface area contributed by atoms with E-state index in [0.29, 0.717) is 17.4 Å². The molecule has 3 fully saturated rings. The van der Waals surface area contributed by atoms with Gasteiger partial charge in [0.05, 0.1) is 12.0 Å². The lowest BCUT2D eigenvalue weighted by atomic mass is 9.95. The highest BCUT2D eigenvalue weighted by Gasteiger charge is 2.35. The zero-order valence-corrected chi connectivity index (χ0v) is 19.2. The van der Waals surface area contributed by atoms with Gasteiger partial charge in [-0.15, -0.1) is 5.10 Å². The molecule has 2 aliphatic heterocycles. The zero-order valence-electron chi connectivity index (χ0n) is 19.2. The molecule has 0 amide bonds. The first-order valence-corrected chi connectivity index (χ1v) is 12.2. The molecule has 2 aliphatic carbocycles. The largest absolute Gasteiger partial charge is 0.445 e. The van der Waals surface area contributed by atoms with E-state index in [2.05, 4.69) is 42.9 Å². The third kappa shape index (κ3) is 4.17. The van der Waals surface area contributed by atoms with Gasteiger partial charge >= 0.3 is 0 Å². The molecule has 31 heavy (non-hydrogen) atoms. The lowest BCUT2D eigenvalue weighted by Gasteiger charge is -2.26. The molecular weight excluding hydrogens is 384 g/mol. The van der Waals surface area contributed by atoms with Crippen LogP contribution < -0.4 is 11.4 Å². The van der Waals surface area contributed by atoms with Gasteiger partial charge in [-0.25, -0.2) is 0 Å². The fourth-order valence-electron chi connectivity index (χ4n) is 5.64. The van der Waals surface area contributed by atoms with E-state index in [0.717, 1.165) is 29.8 Å².